The first kappa shape index (κ1) is 12.3. The highest BCUT2D eigenvalue weighted by Crippen LogP contribution is 2.31. The molecular formula is C10H13NO2S3. The number of hydrogen-bond acceptors (Lipinski definition) is 4. The van der Waals surface area contributed by atoms with Crippen molar-refractivity contribution in [3.05, 3.63) is 29.8 Å². The summed E-state index contributed by atoms with van der Waals surface area (Å²) < 4.78 is 26.7. The van der Waals surface area contributed by atoms with Crippen molar-refractivity contribution in [2.75, 3.05) is 11.5 Å². The summed E-state index contributed by atoms with van der Waals surface area (Å²) in [5.74, 6) is 1.69. The first-order valence-corrected chi connectivity index (χ1v) is 8.88. The van der Waals surface area contributed by atoms with E-state index in [1.807, 2.05) is 19.1 Å². The molecule has 1 N–H and O–H groups in total. The Bertz CT molecular complexity index is 449. The van der Waals surface area contributed by atoms with Gasteiger partial charge in [-0.2, -0.15) is 0 Å². The van der Waals surface area contributed by atoms with Gasteiger partial charge in [0.15, 0.2) is 0 Å². The minimum Gasteiger partial charge on any atom is -0.207 e. The fraction of sp³-hybridized carbons (Fsp3) is 0.400. The number of rotatable bonds is 3. The highest BCUT2D eigenvalue weighted by molar-refractivity contribution is 8.77. The van der Waals surface area contributed by atoms with Crippen LogP contribution in [0.3, 0.4) is 0 Å². The van der Waals surface area contributed by atoms with Crippen LogP contribution in [-0.4, -0.2) is 26.0 Å². The maximum Gasteiger partial charge on any atom is 0.240 e. The second kappa shape index (κ2) is 5.00. The molecule has 0 spiro atoms. The van der Waals surface area contributed by atoms with Crippen molar-refractivity contribution in [2.24, 2.45) is 0 Å². The van der Waals surface area contributed by atoms with Gasteiger partial charge in [-0.1, -0.05) is 39.3 Å². The third-order valence-corrected chi connectivity index (χ3v) is 6.37. The van der Waals surface area contributed by atoms with Crippen LogP contribution in [0.25, 0.3) is 0 Å². The Balaban J connectivity index is 2.14. The normalized spacial score (nSPS) is 17.8. The Morgan fingerprint density at radius 2 is 1.75 bits per heavy atom. The van der Waals surface area contributed by atoms with E-state index in [0.717, 1.165) is 17.1 Å². The minimum atomic E-state index is -3.34. The van der Waals surface area contributed by atoms with Crippen molar-refractivity contribution in [3.63, 3.8) is 0 Å². The van der Waals surface area contributed by atoms with E-state index >= 15 is 0 Å². The van der Waals surface area contributed by atoms with E-state index in [0.29, 0.717) is 4.90 Å². The molecule has 0 amide bonds. The molecule has 1 aromatic rings. The predicted octanol–water partition coefficient (Wildman–Crippen LogP) is 2.04. The third kappa shape index (κ3) is 2.94. The summed E-state index contributed by atoms with van der Waals surface area (Å²) in [5.41, 5.74) is 1.06. The molecule has 1 aliphatic rings. The van der Waals surface area contributed by atoms with Crippen LogP contribution in [0.2, 0.25) is 0 Å². The van der Waals surface area contributed by atoms with Crippen LogP contribution in [0.1, 0.15) is 5.56 Å². The molecule has 1 aromatic carbocycles. The second-order valence-electron chi connectivity index (χ2n) is 3.70. The molecule has 0 unspecified atom stereocenters. The number of aryl methyl sites for hydroxylation is 1. The van der Waals surface area contributed by atoms with Gasteiger partial charge in [-0.15, -0.1) is 0 Å². The van der Waals surface area contributed by atoms with Crippen LogP contribution in [-0.2, 0) is 10.0 Å². The highest BCUT2D eigenvalue weighted by atomic mass is 33.1. The van der Waals surface area contributed by atoms with E-state index in [4.69, 9.17) is 0 Å². The van der Waals surface area contributed by atoms with Crippen molar-refractivity contribution in [3.8, 4) is 0 Å². The van der Waals surface area contributed by atoms with E-state index in [-0.39, 0.29) is 6.04 Å². The molecule has 1 saturated heterocycles. The van der Waals surface area contributed by atoms with E-state index in [2.05, 4.69) is 4.72 Å². The Labute approximate surface area is 104 Å². The number of benzene rings is 1. The van der Waals surface area contributed by atoms with Gasteiger partial charge < -0.3 is 0 Å². The largest absolute Gasteiger partial charge is 0.240 e. The average Bonchev–Trinajstić information content (AvgIpc) is 2.70. The zero-order valence-corrected chi connectivity index (χ0v) is 11.3. The Morgan fingerprint density at radius 1 is 1.19 bits per heavy atom. The lowest BCUT2D eigenvalue weighted by atomic mass is 10.2. The van der Waals surface area contributed by atoms with Gasteiger partial charge in [0.25, 0.3) is 0 Å². The van der Waals surface area contributed by atoms with Crippen molar-refractivity contribution < 1.29 is 8.42 Å². The van der Waals surface area contributed by atoms with Crippen molar-refractivity contribution in [1.29, 1.82) is 0 Å². The number of nitrogens with one attached hydrogen (secondary N) is 1. The highest BCUT2D eigenvalue weighted by Gasteiger charge is 2.23. The summed E-state index contributed by atoms with van der Waals surface area (Å²) in [7, 11) is 0.0833. The summed E-state index contributed by atoms with van der Waals surface area (Å²) in [4.78, 5) is 0.347. The number of hydrogen-bond donors (Lipinski definition) is 1. The van der Waals surface area contributed by atoms with Gasteiger partial charge in [-0.05, 0) is 19.1 Å². The molecule has 0 aromatic heterocycles. The van der Waals surface area contributed by atoms with E-state index in [9.17, 15) is 8.42 Å². The van der Waals surface area contributed by atoms with Crippen molar-refractivity contribution in [1.82, 2.24) is 4.72 Å². The Morgan fingerprint density at radius 3 is 2.31 bits per heavy atom. The van der Waals surface area contributed by atoms with Crippen LogP contribution in [0, 0.1) is 6.92 Å². The molecule has 0 radical (unpaired) electrons. The molecule has 16 heavy (non-hydrogen) atoms. The fourth-order valence-corrected chi connectivity index (χ4v) is 5.46. The first-order chi connectivity index (χ1) is 7.58. The molecule has 0 saturated carbocycles. The average molecular weight is 275 g/mol. The fourth-order valence-electron chi connectivity index (χ4n) is 1.38. The quantitative estimate of drug-likeness (QED) is 0.858. The summed E-state index contributed by atoms with van der Waals surface area (Å²) >= 11 is 0. The van der Waals surface area contributed by atoms with E-state index in [1.54, 1.807) is 33.7 Å². The van der Waals surface area contributed by atoms with Gasteiger partial charge in [0.1, 0.15) is 0 Å². The summed E-state index contributed by atoms with van der Waals surface area (Å²) in [5, 5.41) is 0. The van der Waals surface area contributed by atoms with E-state index < -0.39 is 10.0 Å². The van der Waals surface area contributed by atoms with Crippen molar-refractivity contribution in [2.45, 2.75) is 17.9 Å². The number of sulfonamides is 1. The molecular weight excluding hydrogens is 262 g/mol. The topological polar surface area (TPSA) is 46.2 Å². The van der Waals surface area contributed by atoms with Gasteiger partial charge >= 0.3 is 0 Å². The Kier molecular flexibility index (Phi) is 3.84. The van der Waals surface area contributed by atoms with Crippen LogP contribution >= 0.6 is 21.6 Å². The molecule has 1 aliphatic heterocycles. The van der Waals surface area contributed by atoms with Crippen LogP contribution in [0.5, 0.6) is 0 Å². The molecule has 1 fully saturated rings. The zero-order chi connectivity index (χ0) is 11.6. The lowest BCUT2D eigenvalue weighted by molar-refractivity contribution is 0.573. The summed E-state index contributed by atoms with van der Waals surface area (Å²) in [6, 6.07) is 6.97. The summed E-state index contributed by atoms with van der Waals surface area (Å²) in [6.45, 7) is 1.94. The third-order valence-electron chi connectivity index (χ3n) is 2.27. The molecule has 2 rings (SSSR count). The monoisotopic (exact) mass is 275 g/mol. The molecule has 6 heteroatoms. The van der Waals surface area contributed by atoms with Crippen LogP contribution < -0.4 is 4.72 Å². The lowest BCUT2D eigenvalue weighted by Gasteiger charge is -2.11. The van der Waals surface area contributed by atoms with Crippen LogP contribution in [0.15, 0.2) is 29.2 Å². The standard InChI is InChI=1S/C10H13NO2S3/c1-8-2-4-10(5-3-8)16(12,13)11-9-6-14-15-7-9/h2-5,9,11H,6-7H2,1H3. The summed E-state index contributed by atoms with van der Waals surface area (Å²) in [6.07, 6.45) is 0. The maximum absolute atomic E-state index is 12.0. The molecule has 1 heterocycles. The van der Waals surface area contributed by atoms with E-state index in [1.165, 1.54) is 0 Å². The predicted molar refractivity (Wildman–Crippen MR) is 70.2 cm³/mol. The maximum atomic E-state index is 12.0. The zero-order valence-electron chi connectivity index (χ0n) is 8.84. The van der Waals surface area contributed by atoms with Crippen molar-refractivity contribution >= 4 is 31.6 Å². The molecule has 0 bridgehead atoms. The van der Waals surface area contributed by atoms with Crippen LogP contribution in [0.4, 0.5) is 0 Å². The second-order valence-corrected chi connectivity index (χ2v) is 7.97. The lowest BCUT2D eigenvalue weighted by Crippen LogP contribution is -2.36. The smallest absolute Gasteiger partial charge is 0.207 e. The molecule has 88 valence electrons. The van der Waals surface area contributed by atoms with Gasteiger partial charge in [0, 0.05) is 17.5 Å². The van der Waals surface area contributed by atoms with Gasteiger partial charge in [-0.25, -0.2) is 13.1 Å². The Hall–Kier alpha value is -0.170. The van der Waals surface area contributed by atoms with Gasteiger partial charge in [0.05, 0.1) is 4.90 Å². The molecule has 0 atom stereocenters. The minimum absolute atomic E-state index is 0.0568. The molecule has 0 aliphatic carbocycles. The van der Waals surface area contributed by atoms with Gasteiger partial charge in [0.2, 0.25) is 10.0 Å². The first-order valence-electron chi connectivity index (χ1n) is 4.91. The SMILES string of the molecule is Cc1ccc(S(=O)(=O)NC2CSSC2)cc1. The van der Waals surface area contributed by atoms with Gasteiger partial charge in [-0.3, -0.25) is 0 Å². The molecule has 3 nitrogen and oxygen atoms in total.